The van der Waals surface area contributed by atoms with Gasteiger partial charge in [0.15, 0.2) is 0 Å². The van der Waals surface area contributed by atoms with Crippen LogP contribution >= 0.6 is 11.3 Å². The first kappa shape index (κ1) is 13.2. The van der Waals surface area contributed by atoms with Crippen LogP contribution in [0, 0.1) is 23.7 Å². The Morgan fingerprint density at radius 2 is 1.89 bits per heavy atom. The molecule has 19 heavy (non-hydrogen) atoms. The number of hydrogen-bond acceptors (Lipinski definition) is 3. The van der Waals surface area contributed by atoms with Gasteiger partial charge in [-0.1, -0.05) is 11.8 Å². The second kappa shape index (κ2) is 6.09. The molecule has 1 heterocycles. The van der Waals surface area contributed by atoms with Gasteiger partial charge in [-0.3, -0.25) is 4.90 Å². The average molecular weight is 274 g/mol. The zero-order valence-corrected chi connectivity index (χ0v) is 12.2. The van der Waals surface area contributed by atoms with Crippen LogP contribution in [0.25, 0.3) is 0 Å². The van der Waals surface area contributed by atoms with E-state index in [4.69, 9.17) is 5.73 Å². The lowest BCUT2D eigenvalue weighted by atomic mass is 10.2. The third kappa shape index (κ3) is 4.35. The molecule has 2 aliphatic rings. The van der Waals surface area contributed by atoms with Crippen LogP contribution in [-0.4, -0.2) is 24.5 Å². The van der Waals surface area contributed by atoms with Crippen molar-refractivity contribution >= 4 is 11.3 Å². The molecular weight excluding hydrogens is 252 g/mol. The Kier molecular flexibility index (Phi) is 4.22. The van der Waals surface area contributed by atoms with E-state index in [1.54, 1.807) is 0 Å². The molecule has 2 nitrogen and oxygen atoms in total. The molecule has 1 aromatic heterocycles. The van der Waals surface area contributed by atoms with Gasteiger partial charge in [-0.15, -0.1) is 11.3 Å². The summed E-state index contributed by atoms with van der Waals surface area (Å²) in [6.45, 7) is 4.17. The van der Waals surface area contributed by atoms with Gasteiger partial charge in [0, 0.05) is 35.5 Å². The van der Waals surface area contributed by atoms with Gasteiger partial charge in [-0.2, -0.15) is 0 Å². The van der Waals surface area contributed by atoms with Crippen LogP contribution in [0.5, 0.6) is 0 Å². The largest absolute Gasteiger partial charge is 0.320 e. The smallest absolute Gasteiger partial charge is 0.0555 e. The molecule has 0 aromatic carbocycles. The molecule has 0 amide bonds. The Morgan fingerprint density at radius 3 is 2.47 bits per heavy atom. The Hall–Kier alpha value is -0.820. The lowest BCUT2D eigenvalue weighted by Crippen LogP contribution is -2.27. The molecule has 2 aliphatic carbocycles. The van der Waals surface area contributed by atoms with Gasteiger partial charge in [-0.05, 0) is 43.6 Å². The topological polar surface area (TPSA) is 29.3 Å². The molecule has 0 unspecified atom stereocenters. The van der Waals surface area contributed by atoms with Gasteiger partial charge in [0.1, 0.15) is 0 Å². The van der Waals surface area contributed by atoms with Crippen LogP contribution in [0.3, 0.4) is 0 Å². The number of thiophene rings is 1. The van der Waals surface area contributed by atoms with E-state index in [0.29, 0.717) is 6.54 Å². The van der Waals surface area contributed by atoms with Crippen molar-refractivity contribution in [2.24, 2.45) is 17.6 Å². The predicted molar refractivity (Wildman–Crippen MR) is 81.0 cm³/mol. The quantitative estimate of drug-likeness (QED) is 0.808. The van der Waals surface area contributed by atoms with Gasteiger partial charge in [-0.25, -0.2) is 0 Å². The molecule has 2 fully saturated rings. The molecule has 0 aliphatic heterocycles. The van der Waals surface area contributed by atoms with Crippen LogP contribution in [0.4, 0.5) is 0 Å². The van der Waals surface area contributed by atoms with E-state index in [9.17, 15) is 0 Å². The van der Waals surface area contributed by atoms with Crippen LogP contribution in [0.2, 0.25) is 0 Å². The third-order valence-corrected chi connectivity index (χ3v) is 4.72. The van der Waals surface area contributed by atoms with Gasteiger partial charge >= 0.3 is 0 Å². The Bertz CT molecular complexity index is 460. The summed E-state index contributed by atoms with van der Waals surface area (Å²) in [4.78, 5) is 4.11. The van der Waals surface area contributed by atoms with Crippen molar-refractivity contribution < 1.29 is 0 Å². The summed E-state index contributed by atoms with van der Waals surface area (Å²) in [5, 5.41) is 2.16. The molecule has 2 saturated carbocycles. The highest BCUT2D eigenvalue weighted by atomic mass is 32.1. The SMILES string of the molecule is NCC#Cc1csc(CN(CC2CC2)CC2CC2)c1. The van der Waals surface area contributed by atoms with E-state index < -0.39 is 0 Å². The van der Waals surface area contributed by atoms with E-state index in [2.05, 4.69) is 28.2 Å². The number of hydrogen-bond donors (Lipinski definition) is 1. The van der Waals surface area contributed by atoms with Crippen molar-refractivity contribution in [1.82, 2.24) is 4.90 Å². The molecule has 3 rings (SSSR count). The van der Waals surface area contributed by atoms with Gasteiger partial charge < -0.3 is 5.73 Å². The second-order valence-electron chi connectivity index (χ2n) is 5.89. The molecule has 0 saturated heterocycles. The summed E-state index contributed by atoms with van der Waals surface area (Å²) in [7, 11) is 0. The van der Waals surface area contributed by atoms with Crippen molar-refractivity contribution in [3.05, 3.63) is 21.9 Å². The lowest BCUT2D eigenvalue weighted by Gasteiger charge is -2.21. The van der Waals surface area contributed by atoms with Crippen LogP contribution < -0.4 is 5.73 Å². The summed E-state index contributed by atoms with van der Waals surface area (Å²) < 4.78 is 0. The van der Waals surface area contributed by atoms with Crippen molar-refractivity contribution in [3.8, 4) is 11.8 Å². The molecular formula is C16H22N2S. The molecule has 0 radical (unpaired) electrons. The first-order chi connectivity index (χ1) is 9.33. The van der Waals surface area contributed by atoms with Gasteiger partial charge in [0.25, 0.3) is 0 Å². The maximum Gasteiger partial charge on any atom is 0.0555 e. The minimum atomic E-state index is 0.445. The standard InChI is InChI=1S/C16H22N2S/c17-7-1-2-15-8-16(19-12-15)11-18(9-13-3-4-13)10-14-5-6-14/h8,12-14H,3-7,9-11,17H2. The lowest BCUT2D eigenvalue weighted by molar-refractivity contribution is 0.246. The van der Waals surface area contributed by atoms with E-state index in [1.807, 2.05) is 11.3 Å². The van der Waals surface area contributed by atoms with Gasteiger partial charge in [0.2, 0.25) is 0 Å². The monoisotopic (exact) mass is 274 g/mol. The molecule has 0 spiro atoms. The Labute approximate surface area is 120 Å². The minimum absolute atomic E-state index is 0.445. The van der Waals surface area contributed by atoms with Crippen molar-refractivity contribution in [1.29, 1.82) is 0 Å². The molecule has 1 aromatic rings. The summed E-state index contributed by atoms with van der Waals surface area (Å²) in [6.07, 6.45) is 5.77. The number of rotatable bonds is 6. The van der Waals surface area contributed by atoms with E-state index in [-0.39, 0.29) is 0 Å². The van der Waals surface area contributed by atoms with Crippen molar-refractivity contribution in [2.75, 3.05) is 19.6 Å². The highest BCUT2D eigenvalue weighted by molar-refractivity contribution is 7.10. The highest BCUT2D eigenvalue weighted by Gasteiger charge is 2.29. The zero-order chi connectivity index (χ0) is 13.1. The maximum absolute atomic E-state index is 5.41. The molecule has 0 atom stereocenters. The fourth-order valence-corrected chi connectivity index (χ4v) is 3.29. The van der Waals surface area contributed by atoms with Crippen molar-refractivity contribution in [3.63, 3.8) is 0 Å². The predicted octanol–water partition coefficient (Wildman–Crippen LogP) is 2.68. The second-order valence-corrected chi connectivity index (χ2v) is 6.88. The fourth-order valence-electron chi connectivity index (χ4n) is 2.44. The zero-order valence-electron chi connectivity index (χ0n) is 11.4. The van der Waals surface area contributed by atoms with E-state index in [0.717, 1.165) is 23.9 Å². The van der Waals surface area contributed by atoms with Crippen molar-refractivity contribution in [2.45, 2.75) is 32.2 Å². The van der Waals surface area contributed by atoms with Crippen LogP contribution in [0.1, 0.15) is 36.1 Å². The summed E-state index contributed by atoms with van der Waals surface area (Å²) >= 11 is 1.84. The molecule has 102 valence electrons. The van der Waals surface area contributed by atoms with E-state index in [1.165, 1.54) is 43.6 Å². The van der Waals surface area contributed by atoms with E-state index >= 15 is 0 Å². The highest BCUT2D eigenvalue weighted by Crippen LogP contribution is 2.34. The third-order valence-electron chi connectivity index (χ3n) is 3.79. The summed E-state index contributed by atoms with van der Waals surface area (Å²) in [5.41, 5.74) is 6.54. The summed E-state index contributed by atoms with van der Waals surface area (Å²) in [5.74, 6) is 8.01. The van der Waals surface area contributed by atoms with Crippen LogP contribution in [-0.2, 0) is 6.54 Å². The Balaban J connectivity index is 1.57. The first-order valence-electron chi connectivity index (χ1n) is 7.32. The molecule has 2 N–H and O–H groups in total. The minimum Gasteiger partial charge on any atom is -0.320 e. The first-order valence-corrected chi connectivity index (χ1v) is 8.20. The molecule has 0 bridgehead atoms. The average Bonchev–Trinajstić information content (AvgIpc) is 3.31. The normalized spacial score (nSPS) is 18.4. The van der Waals surface area contributed by atoms with Gasteiger partial charge in [0.05, 0.1) is 6.54 Å². The number of nitrogens with two attached hydrogens (primary N) is 1. The summed E-state index contributed by atoms with van der Waals surface area (Å²) in [6, 6.07) is 2.24. The Morgan fingerprint density at radius 1 is 1.21 bits per heavy atom. The van der Waals surface area contributed by atoms with Crippen LogP contribution in [0.15, 0.2) is 11.4 Å². The fraction of sp³-hybridized carbons (Fsp3) is 0.625. The maximum atomic E-state index is 5.41. The number of nitrogens with zero attached hydrogens (tertiary/aromatic N) is 1. The molecule has 3 heteroatoms.